The van der Waals surface area contributed by atoms with Gasteiger partial charge in [-0.2, -0.15) is 0 Å². The Morgan fingerprint density at radius 3 is 2.71 bits per heavy atom. The predicted molar refractivity (Wildman–Crippen MR) is 129 cm³/mol. The first-order valence-corrected chi connectivity index (χ1v) is 11.8. The monoisotopic (exact) mass is 473 g/mol. The highest BCUT2D eigenvalue weighted by atomic mass is 32.2. The molecule has 1 amide bonds. The van der Waals surface area contributed by atoms with Crippen LogP contribution < -0.4 is 14.8 Å². The highest BCUT2D eigenvalue weighted by molar-refractivity contribution is 7.99. The molecule has 0 aliphatic carbocycles. The standard InChI is InChI=1S/C25H23N5O3S/c1-16-5-3-4-6-20(16)30-24(18-9-11-26-12-10-18)28-29-25(30)34-14-23(31)27-17(2)19-7-8-21-22(13-19)33-15-32-21/h3-13,17H,14-15H2,1-2H3,(H,27,31). The summed E-state index contributed by atoms with van der Waals surface area (Å²) < 4.78 is 12.8. The van der Waals surface area contributed by atoms with Crippen LogP contribution >= 0.6 is 11.8 Å². The number of amides is 1. The molecule has 0 bridgehead atoms. The maximum Gasteiger partial charge on any atom is 0.231 e. The zero-order valence-corrected chi connectivity index (χ0v) is 19.6. The van der Waals surface area contributed by atoms with Crippen LogP contribution in [0.2, 0.25) is 0 Å². The van der Waals surface area contributed by atoms with E-state index in [1.54, 1.807) is 12.4 Å². The summed E-state index contributed by atoms with van der Waals surface area (Å²) in [5, 5.41) is 12.5. The van der Waals surface area contributed by atoms with E-state index < -0.39 is 0 Å². The van der Waals surface area contributed by atoms with Crippen LogP contribution in [0.15, 0.2) is 72.1 Å². The number of thioether (sulfide) groups is 1. The van der Waals surface area contributed by atoms with Crippen molar-refractivity contribution in [2.45, 2.75) is 25.0 Å². The molecule has 1 atom stereocenters. The van der Waals surface area contributed by atoms with E-state index in [4.69, 9.17) is 9.47 Å². The number of carbonyl (C=O) groups excluding carboxylic acids is 1. The largest absolute Gasteiger partial charge is 0.454 e. The number of nitrogens with one attached hydrogen (secondary N) is 1. The molecule has 2 aromatic heterocycles. The first kappa shape index (κ1) is 22.0. The zero-order valence-electron chi connectivity index (χ0n) is 18.8. The number of hydrogen-bond acceptors (Lipinski definition) is 7. The van der Waals surface area contributed by atoms with Gasteiger partial charge < -0.3 is 14.8 Å². The molecule has 8 nitrogen and oxygen atoms in total. The van der Waals surface area contributed by atoms with Crippen LogP contribution in [0.1, 0.15) is 24.1 Å². The molecular formula is C25H23N5O3S. The third-order valence-electron chi connectivity index (χ3n) is 5.53. The van der Waals surface area contributed by atoms with Crippen LogP contribution in [0.5, 0.6) is 11.5 Å². The number of aromatic nitrogens is 4. The van der Waals surface area contributed by atoms with Crippen molar-refractivity contribution in [2.24, 2.45) is 0 Å². The fourth-order valence-electron chi connectivity index (χ4n) is 3.76. The van der Waals surface area contributed by atoms with Gasteiger partial charge in [0.25, 0.3) is 0 Å². The maximum atomic E-state index is 12.8. The molecule has 5 rings (SSSR count). The number of benzene rings is 2. The molecular weight excluding hydrogens is 450 g/mol. The molecule has 2 aromatic carbocycles. The van der Waals surface area contributed by atoms with E-state index in [0.29, 0.717) is 16.7 Å². The summed E-state index contributed by atoms with van der Waals surface area (Å²) in [6.07, 6.45) is 3.45. The molecule has 1 aliphatic rings. The number of nitrogens with zero attached hydrogens (tertiary/aromatic N) is 4. The molecule has 0 saturated carbocycles. The van der Waals surface area contributed by atoms with Gasteiger partial charge in [0.15, 0.2) is 22.5 Å². The van der Waals surface area contributed by atoms with Gasteiger partial charge in [0.05, 0.1) is 17.5 Å². The summed E-state index contributed by atoms with van der Waals surface area (Å²) in [5.74, 6) is 2.23. The van der Waals surface area contributed by atoms with Crippen molar-refractivity contribution in [3.05, 3.63) is 78.1 Å². The summed E-state index contributed by atoms with van der Waals surface area (Å²) in [6, 6.07) is 17.3. The molecule has 1 unspecified atom stereocenters. The van der Waals surface area contributed by atoms with Gasteiger partial charge in [0.1, 0.15) is 0 Å². The zero-order chi connectivity index (χ0) is 23.5. The molecule has 4 aromatic rings. The molecule has 1 aliphatic heterocycles. The number of ether oxygens (including phenoxy) is 2. The topological polar surface area (TPSA) is 91.2 Å². The molecule has 1 N–H and O–H groups in total. The van der Waals surface area contributed by atoms with Crippen molar-refractivity contribution in [2.75, 3.05) is 12.5 Å². The van der Waals surface area contributed by atoms with Crippen LogP contribution in [0, 0.1) is 6.92 Å². The molecule has 0 fully saturated rings. The summed E-state index contributed by atoms with van der Waals surface area (Å²) in [7, 11) is 0. The lowest BCUT2D eigenvalue weighted by Crippen LogP contribution is -2.28. The number of fused-ring (bicyclic) bond motifs is 1. The lowest BCUT2D eigenvalue weighted by atomic mass is 10.1. The van der Waals surface area contributed by atoms with E-state index in [0.717, 1.165) is 28.1 Å². The van der Waals surface area contributed by atoms with E-state index in [-0.39, 0.29) is 24.5 Å². The number of aryl methyl sites for hydroxylation is 1. The highest BCUT2D eigenvalue weighted by Crippen LogP contribution is 2.34. The van der Waals surface area contributed by atoms with Gasteiger partial charge >= 0.3 is 0 Å². The minimum Gasteiger partial charge on any atom is -0.454 e. The van der Waals surface area contributed by atoms with Crippen molar-refractivity contribution in [3.8, 4) is 28.6 Å². The minimum absolute atomic E-state index is 0.0973. The first-order valence-electron chi connectivity index (χ1n) is 10.8. The number of carbonyl (C=O) groups is 1. The smallest absolute Gasteiger partial charge is 0.231 e. The Hall–Kier alpha value is -3.85. The van der Waals surface area contributed by atoms with Crippen molar-refractivity contribution >= 4 is 17.7 Å². The van der Waals surface area contributed by atoms with Crippen molar-refractivity contribution in [1.29, 1.82) is 0 Å². The maximum absolute atomic E-state index is 12.8. The van der Waals surface area contributed by atoms with Gasteiger partial charge in [-0.05, 0) is 55.3 Å². The van der Waals surface area contributed by atoms with Crippen LogP contribution in [0.3, 0.4) is 0 Å². The second-order valence-electron chi connectivity index (χ2n) is 7.85. The Morgan fingerprint density at radius 2 is 1.88 bits per heavy atom. The SMILES string of the molecule is Cc1ccccc1-n1c(SCC(=O)NC(C)c2ccc3c(c2)OCO3)nnc1-c1ccncc1. The number of hydrogen-bond donors (Lipinski definition) is 1. The lowest BCUT2D eigenvalue weighted by molar-refractivity contribution is -0.119. The van der Waals surface area contributed by atoms with E-state index >= 15 is 0 Å². The van der Waals surface area contributed by atoms with Crippen molar-refractivity contribution in [1.82, 2.24) is 25.1 Å². The predicted octanol–water partition coefficient (Wildman–Crippen LogP) is 4.34. The number of rotatable bonds is 7. The van der Waals surface area contributed by atoms with E-state index in [2.05, 4.69) is 20.5 Å². The Labute approximate surface area is 201 Å². The van der Waals surface area contributed by atoms with E-state index in [1.165, 1.54) is 11.8 Å². The number of para-hydroxylation sites is 1. The minimum atomic E-state index is -0.177. The van der Waals surface area contributed by atoms with Gasteiger partial charge in [-0.1, -0.05) is 36.0 Å². The van der Waals surface area contributed by atoms with Crippen LogP contribution in [0.4, 0.5) is 0 Å². The summed E-state index contributed by atoms with van der Waals surface area (Å²) >= 11 is 1.35. The Kier molecular flexibility index (Phi) is 6.18. The third-order valence-corrected chi connectivity index (χ3v) is 6.46. The molecule has 3 heterocycles. The average molecular weight is 474 g/mol. The molecule has 0 saturated heterocycles. The Bertz CT molecular complexity index is 1330. The summed E-state index contributed by atoms with van der Waals surface area (Å²) in [4.78, 5) is 16.9. The van der Waals surface area contributed by atoms with E-state index in [9.17, 15) is 4.79 Å². The van der Waals surface area contributed by atoms with Gasteiger partial charge in [-0.15, -0.1) is 10.2 Å². The second kappa shape index (κ2) is 9.56. The molecule has 9 heteroatoms. The fraction of sp³-hybridized carbons (Fsp3) is 0.200. The summed E-state index contributed by atoms with van der Waals surface area (Å²) in [6.45, 7) is 4.20. The van der Waals surface area contributed by atoms with Crippen molar-refractivity contribution < 1.29 is 14.3 Å². The first-order chi connectivity index (χ1) is 16.6. The average Bonchev–Trinajstić information content (AvgIpc) is 3.50. The van der Waals surface area contributed by atoms with Crippen molar-refractivity contribution in [3.63, 3.8) is 0 Å². The van der Waals surface area contributed by atoms with Gasteiger partial charge in [-0.3, -0.25) is 14.3 Å². The quantitative estimate of drug-likeness (QED) is 0.399. The Balaban J connectivity index is 1.34. The van der Waals surface area contributed by atoms with Gasteiger partial charge in [-0.25, -0.2) is 0 Å². The normalized spacial score (nSPS) is 13.0. The molecule has 172 valence electrons. The van der Waals surface area contributed by atoms with Crippen LogP contribution in [-0.2, 0) is 4.79 Å². The van der Waals surface area contributed by atoms with E-state index in [1.807, 2.05) is 73.0 Å². The Morgan fingerprint density at radius 1 is 1.09 bits per heavy atom. The van der Waals surface area contributed by atoms with Crippen LogP contribution in [-0.4, -0.2) is 38.2 Å². The molecule has 0 radical (unpaired) electrons. The van der Waals surface area contributed by atoms with Gasteiger partial charge in [0.2, 0.25) is 12.7 Å². The van der Waals surface area contributed by atoms with Gasteiger partial charge in [0, 0.05) is 18.0 Å². The fourth-order valence-corrected chi connectivity index (χ4v) is 4.52. The number of pyridine rings is 1. The third kappa shape index (κ3) is 4.47. The van der Waals surface area contributed by atoms with Crippen LogP contribution in [0.25, 0.3) is 17.1 Å². The lowest BCUT2D eigenvalue weighted by Gasteiger charge is -2.15. The second-order valence-corrected chi connectivity index (χ2v) is 8.80. The molecule has 0 spiro atoms. The highest BCUT2D eigenvalue weighted by Gasteiger charge is 2.20. The molecule has 34 heavy (non-hydrogen) atoms. The summed E-state index contributed by atoms with van der Waals surface area (Å²) in [5.41, 5.74) is 3.90.